The van der Waals surface area contributed by atoms with Gasteiger partial charge in [0.05, 0.1) is 43.6 Å². The van der Waals surface area contributed by atoms with Gasteiger partial charge in [0.25, 0.3) is 0 Å². The van der Waals surface area contributed by atoms with Gasteiger partial charge < -0.3 is 48.9 Å². The Balaban J connectivity index is 0.000000185. The van der Waals surface area contributed by atoms with Crippen LogP contribution in [0.4, 0.5) is 62.3 Å². The van der Waals surface area contributed by atoms with Crippen molar-refractivity contribution in [2.45, 2.75) is 173 Å². The van der Waals surface area contributed by atoms with Gasteiger partial charge in [-0.2, -0.15) is 52.7 Å². The molecule has 8 atom stereocenters. The van der Waals surface area contributed by atoms with Crippen molar-refractivity contribution in [2.24, 2.45) is 23.7 Å². The van der Waals surface area contributed by atoms with E-state index in [2.05, 4.69) is 10.6 Å². The minimum atomic E-state index is -4.41. The molecule has 32 heteroatoms. The molecule has 0 radical (unpaired) electrons. The first-order chi connectivity index (χ1) is 57.5. The van der Waals surface area contributed by atoms with E-state index < -0.39 is 90.0 Å². The van der Waals surface area contributed by atoms with E-state index in [1.807, 2.05) is 102 Å². The Hall–Kier alpha value is -8.82. The maximum atomic E-state index is 12.9. The Morgan fingerprint density at radius 3 is 0.877 bits per heavy atom. The zero-order chi connectivity index (χ0) is 88.5. The van der Waals surface area contributed by atoms with E-state index in [4.69, 9.17) is 28.4 Å². The number of nitrogens with one attached hydrogen (secondary N) is 2. The van der Waals surface area contributed by atoms with E-state index in [1.54, 1.807) is 94.0 Å². The van der Waals surface area contributed by atoms with Crippen molar-refractivity contribution < 1.29 is 108 Å². The molecule has 0 saturated carbocycles. The highest BCUT2D eigenvalue weighted by molar-refractivity contribution is 7.99. The molecule has 4 aliphatic rings. The molecule has 4 fully saturated rings. The summed E-state index contributed by atoms with van der Waals surface area (Å²) >= 11 is 3.41. The Morgan fingerprint density at radius 2 is 0.631 bits per heavy atom. The minimum absolute atomic E-state index is 0.0659. The highest BCUT2D eigenvalue weighted by atomic mass is 32.2. The fraction of sp³-hybridized carbons (Fsp3) is 0.444. The number of nitrogens with zero attached hydrogens (tertiary/aromatic N) is 2. The van der Waals surface area contributed by atoms with Crippen LogP contribution in [-0.2, 0) is 53.9 Å². The number of ether oxygens (including phenoxy) is 6. The van der Waals surface area contributed by atoms with Crippen molar-refractivity contribution in [1.82, 2.24) is 20.4 Å². The lowest BCUT2D eigenvalue weighted by molar-refractivity contribution is -0.138. The Labute approximate surface area is 714 Å². The van der Waals surface area contributed by atoms with Gasteiger partial charge >= 0.3 is 36.9 Å². The third kappa shape index (κ3) is 32.1. The molecule has 0 spiro atoms. The summed E-state index contributed by atoms with van der Waals surface area (Å²) in [6.45, 7) is 16.1. The van der Waals surface area contributed by atoms with Crippen molar-refractivity contribution in [3.05, 3.63) is 241 Å². The van der Waals surface area contributed by atoms with Crippen LogP contribution in [0.3, 0.4) is 0 Å². The summed E-state index contributed by atoms with van der Waals surface area (Å²) < 4.78 is 239. The lowest BCUT2D eigenvalue weighted by atomic mass is 9.99. The lowest BCUT2D eigenvalue weighted by Gasteiger charge is -2.27. The average molecular weight is 1790 g/mol. The van der Waals surface area contributed by atoms with Gasteiger partial charge in [0.1, 0.15) is 58.6 Å². The highest BCUT2D eigenvalue weighted by Gasteiger charge is 2.40. The molecule has 8 aromatic rings. The van der Waals surface area contributed by atoms with Gasteiger partial charge in [0, 0.05) is 84.2 Å². The number of carbonyl (C=O) groups is 2. The summed E-state index contributed by atoms with van der Waals surface area (Å²) in [5.41, 5.74) is -4.04. The van der Waals surface area contributed by atoms with E-state index in [0.29, 0.717) is 75.1 Å². The molecule has 0 aliphatic carbocycles. The number of alkyl halides is 12. The van der Waals surface area contributed by atoms with Gasteiger partial charge in [0.15, 0.2) is 19.7 Å². The van der Waals surface area contributed by atoms with Crippen molar-refractivity contribution in [2.75, 3.05) is 75.4 Å². The summed E-state index contributed by atoms with van der Waals surface area (Å²) in [5, 5.41) is 6.44. The molecule has 0 aromatic heterocycles. The normalized spacial score (nSPS) is 18.1. The van der Waals surface area contributed by atoms with Crippen LogP contribution in [0.5, 0.6) is 23.0 Å². The van der Waals surface area contributed by atoms with Gasteiger partial charge in [-0.15, -0.1) is 23.5 Å². The number of halogens is 12. The molecule has 0 bridgehead atoms. The summed E-state index contributed by atoms with van der Waals surface area (Å²) in [4.78, 5) is 31.1. The van der Waals surface area contributed by atoms with Gasteiger partial charge in [-0.05, 0) is 252 Å². The van der Waals surface area contributed by atoms with Crippen molar-refractivity contribution in [3.8, 4) is 23.0 Å². The Kier molecular flexibility index (Phi) is 35.1. The van der Waals surface area contributed by atoms with E-state index in [0.717, 1.165) is 109 Å². The van der Waals surface area contributed by atoms with Crippen LogP contribution in [0, 0.1) is 23.7 Å². The monoisotopic (exact) mass is 1790 g/mol. The SMILES string of the molecule is CC(C)(C)OC(=O)N1CC[C@H]([C@@H](CCSc2ccccc2)Oc2ccc(C(F)(F)F)cc2)C1.CC(C)(C)OC(=O)N1CC[C@H]([C@H](CCSc2ccccc2)Oc2ccc(C(F)(F)F)cc2)C1.O=S(=O)(CC[C@@H](Oc1ccc(C(F)(F)F)cc1)[C@H]1CCNC1)c1ccccc1.O=S(=O)(CC[C@H](Oc1ccc(C(F)(F)F)cc1)[C@H]1CCNC1)c1ccccc1. The van der Waals surface area contributed by atoms with Crippen LogP contribution < -0.4 is 29.6 Å². The number of hydrogen-bond acceptors (Lipinski definition) is 16. The maximum Gasteiger partial charge on any atom is 0.416 e. The third-order valence-electron chi connectivity index (χ3n) is 20.3. The summed E-state index contributed by atoms with van der Waals surface area (Å²) in [5.74, 6) is 3.16. The van der Waals surface area contributed by atoms with Crippen LogP contribution in [0.2, 0.25) is 0 Å². The quantitative estimate of drug-likeness (QED) is 0.0348. The Bertz CT molecular complexity index is 4420. The standard InChI is InChI=1S/2C25H30F3NO3S.2C20H22F3NO3S/c2*1-24(2,3)32-23(30)29-15-13-18(17-29)22(14-16-33-21-7-5-4-6-8-21)31-20-11-9-19(10-12-20)25(26,27)28;2*21-20(22,23)16-6-8-17(9-7-16)27-19(15-10-12-24-14-15)11-13-28(25,26)18-4-2-1-3-5-18/h2*4-12,18,22H,13-17H2,1-3H3;2*1-9,15,19,24H,10-14H2/t18-,22+;18-,22-;15-,19+;15-,19-/m0000/s1. The highest BCUT2D eigenvalue weighted by Crippen LogP contribution is 2.39. The van der Waals surface area contributed by atoms with E-state index in [-0.39, 0.29) is 82.2 Å². The van der Waals surface area contributed by atoms with E-state index in [1.165, 1.54) is 48.5 Å². The summed E-state index contributed by atoms with van der Waals surface area (Å²) in [6.07, 6.45) is -14.4. The smallest absolute Gasteiger partial charge is 0.416 e. The van der Waals surface area contributed by atoms with Crippen LogP contribution in [0.15, 0.2) is 238 Å². The van der Waals surface area contributed by atoms with E-state index in [9.17, 15) is 79.1 Å². The number of likely N-dealkylation sites (tertiary alicyclic amines) is 2. The molecule has 122 heavy (non-hydrogen) atoms. The molecule has 16 nitrogen and oxygen atoms in total. The first-order valence-electron chi connectivity index (χ1n) is 40.2. The fourth-order valence-electron chi connectivity index (χ4n) is 14.0. The van der Waals surface area contributed by atoms with Crippen LogP contribution in [0.25, 0.3) is 0 Å². The molecule has 4 saturated heterocycles. The number of carbonyl (C=O) groups excluding carboxylic acids is 2. The molecule has 664 valence electrons. The predicted octanol–water partition coefficient (Wildman–Crippen LogP) is 21.6. The number of amides is 2. The molecule has 4 aliphatic heterocycles. The minimum Gasteiger partial charge on any atom is -0.490 e. The number of thioether (sulfide) groups is 2. The Morgan fingerprint density at radius 1 is 0.369 bits per heavy atom. The number of rotatable bonds is 28. The first kappa shape index (κ1) is 97.0. The fourth-order valence-corrected chi connectivity index (χ4v) is 18.5. The number of sulfone groups is 2. The molecular weight excluding hydrogens is 1690 g/mol. The van der Waals surface area contributed by atoms with Crippen molar-refractivity contribution >= 4 is 55.4 Å². The average Bonchev–Trinajstić information content (AvgIpc) is 1.01. The molecule has 4 heterocycles. The molecule has 2 amide bonds. The second-order valence-corrected chi connectivity index (χ2v) is 38.5. The molecule has 12 rings (SSSR count). The largest absolute Gasteiger partial charge is 0.490 e. The van der Waals surface area contributed by atoms with Gasteiger partial charge in [-0.3, -0.25) is 0 Å². The van der Waals surface area contributed by atoms with Crippen molar-refractivity contribution in [3.63, 3.8) is 0 Å². The predicted molar refractivity (Wildman–Crippen MR) is 447 cm³/mol. The van der Waals surface area contributed by atoms with Crippen molar-refractivity contribution in [1.29, 1.82) is 0 Å². The second kappa shape index (κ2) is 44.2. The number of benzene rings is 8. The van der Waals surface area contributed by atoms with Gasteiger partial charge in [0.2, 0.25) is 0 Å². The molecular formula is C90H104F12N4O12S4. The van der Waals surface area contributed by atoms with Gasteiger partial charge in [-0.25, -0.2) is 26.4 Å². The van der Waals surface area contributed by atoms with Crippen LogP contribution in [0.1, 0.15) is 115 Å². The molecule has 2 N–H and O–H groups in total. The number of hydrogen-bond donors (Lipinski definition) is 2. The molecule has 8 aromatic carbocycles. The zero-order valence-electron chi connectivity index (χ0n) is 68.5. The van der Waals surface area contributed by atoms with Gasteiger partial charge in [-0.1, -0.05) is 72.8 Å². The van der Waals surface area contributed by atoms with Crippen LogP contribution in [-0.4, -0.2) is 150 Å². The maximum absolute atomic E-state index is 12.9. The summed E-state index contributed by atoms with van der Waals surface area (Å²) in [6, 6.07) is 55.0. The van der Waals surface area contributed by atoms with Crippen LogP contribution >= 0.6 is 23.5 Å². The van der Waals surface area contributed by atoms with E-state index >= 15 is 0 Å². The second-order valence-electron chi connectivity index (χ2n) is 31.9. The first-order valence-corrected chi connectivity index (χ1v) is 45.5. The molecule has 0 unspecified atom stereocenters. The zero-order valence-corrected chi connectivity index (χ0v) is 71.8. The lowest BCUT2D eigenvalue weighted by Crippen LogP contribution is -2.37. The third-order valence-corrected chi connectivity index (χ3v) is 25.9. The topological polar surface area (TPSA) is 188 Å². The summed E-state index contributed by atoms with van der Waals surface area (Å²) in [7, 11) is -6.90.